The van der Waals surface area contributed by atoms with Crippen molar-refractivity contribution in [2.45, 2.75) is 58.2 Å². The highest BCUT2D eigenvalue weighted by atomic mass is 79.9. The molecule has 3 N–H and O–H groups in total. The van der Waals surface area contributed by atoms with Crippen molar-refractivity contribution in [2.24, 2.45) is 0 Å². The lowest BCUT2D eigenvalue weighted by molar-refractivity contribution is -0.118. The summed E-state index contributed by atoms with van der Waals surface area (Å²) < 4.78 is 12.4. The van der Waals surface area contributed by atoms with E-state index in [1.807, 2.05) is 0 Å². The van der Waals surface area contributed by atoms with Crippen LogP contribution in [-0.2, 0) is 14.3 Å². The summed E-state index contributed by atoms with van der Waals surface area (Å²) in [6.07, 6.45) is 2.58. The summed E-state index contributed by atoms with van der Waals surface area (Å²) in [7, 11) is 0. The van der Waals surface area contributed by atoms with E-state index in [-0.39, 0.29) is 17.6 Å². The van der Waals surface area contributed by atoms with Crippen molar-refractivity contribution in [3.63, 3.8) is 0 Å². The van der Waals surface area contributed by atoms with Crippen molar-refractivity contribution in [3.8, 4) is 0 Å². The Bertz CT molecular complexity index is 722. The van der Waals surface area contributed by atoms with Gasteiger partial charge >= 0.3 is 6.09 Å². The molecule has 1 aliphatic heterocycles. The fourth-order valence-corrected chi connectivity index (χ4v) is 3.08. The second kappa shape index (κ2) is 9.42. The Labute approximate surface area is 172 Å². The number of carbonyl (C=O) groups is 3. The predicted molar refractivity (Wildman–Crippen MR) is 107 cm³/mol. The number of hydrogen-bond acceptors (Lipinski definition) is 5. The zero-order chi connectivity index (χ0) is 20.9. The first-order chi connectivity index (χ1) is 13.1. The number of carbonyl (C=O) groups excluding carboxylic acids is 3. The topological polar surface area (TPSA) is 111 Å². The van der Waals surface area contributed by atoms with Crippen LogP contribution in [0.5, 0.6) is 0 Å². The van der Waals surface area contributed by atoms with Crippen molar-refractivity contribution in [2.75, 3.05) is 18.6 Å². The molecule has 0 saturated carbocycles. The van der Waals surface area contributed by atoms with Crippen molar-refractivity contribution >= 4 is 33.8 Å². The zero-order valence-corrected chi connectivity index (χ0v) is 18.1. The van der Waals surface area contributed by atoms with Gasteiger partial charge in [-0.2, -0.15) is 0 Å². The summed E-state index contributed by atoms with van der Waals surface area (Å²) in [5.74, 6) is -0.829. The van der Waals surface area contributed by atoms with Crippen LogP contribution in [0.1, 0.15) is 51.0 Å². The first-order valence-corrected chi connectivity index (χ1v) is 9.92. The third-order valence-corrected chi connectivity index (χ3v) is 4.54. The van der Waals surface area contributed by atoms with E-state index in [1.165, 1.54) is 11.6 Å². The minimum absolute atomic E-state index is 0.0695. The number of ether oxygens (including phenoxy) is 2. The number of halogens is 1. The third kappa shape index (κ3) is 6.52. The lowest BCUT2D eigenvalue weighted by Gasteiger charge is -2.24. The number of amides is 3. The summed E-state index contributed by atoms with van der Waals surface area (Å²) >= 11 is 3.33. The largest absolute Gasteiger partial charge is 0.444 e. The third-order valence-electron chi connectivity index (χ3n) is 3.90. The Balaban J connectivity index is 1.99. The fourth-order valence-electron chi connectivity index (χ4n) is 2.59. The van der Waals surface area contributed by atoms with Gasteiger partial charge in [-0.25, -0.2) is 4.79 Å². The lowest BCUT2D eigenvalue weighted by Crippen LogP contribution is -2.46. The average Bonchev–Trinajstić information content (AvgIpc) is 2.94. The van der Waals surface area contributed by atoms with Crippen LogP contribution in [0, 0.1) is 0 Å². The summed E-state index contributed by atoms with van der Waals surface area (Å²) in [5, 5.41) is 5.37. The van der Waals surface area contributed by atoms with Gasteiger partial charge in [0.2, 0.25) is 0 Å². The normalized spacial score (nSPS) is 18.1. The van der Waals surface area contributed by atoms with Gasteiger partial charge in [0.1, 0.15) is 17.3 Å². The summed E-state index contributed by atoms with van der Waals surface area (Å²) in [6.45, 7) is 7.89. The molecular weight excluding hydrogens is 432 g/mol. The maximum Gasteiger partial charge on any atom is 0.408 e. The van der Waals surface area contributed by atoms with E-state index in [2.05, 4.69) is 32.0 Å². The predicted octanol–water partition coefficient (Wildman–Crippen LogP) is 2.14. The molecule has 1 aromatic rings. The Morgan fingerprint density at radius 1 is 1.36 bits per heavy atom. The van der Waals surface area contributed by atoms with Gasteiger partial charge in [0, 0.05) is 12.8 Å². The van der Waals surface area contributed by atoms with E-state index in [0.717, 1.165) is 12.8 Å². The van der Waals surface area contributed by atoms with Gasteiger partial charge < -0.3 is 20.1 Å². The molecule has 10 heteroatoms. The van der Waals surface area contributed by atoms with Gasteiger partial charge in [0.25, 0.3) is 11.8 Å². The summed E-state index contributed by atoms with van der Waals surface area (Å²) in [4.78, 5) is 36.9. The first-order valence-electron chi connectivity index (χ1n) is 9.12. The molecule has 1 saturated heterocycles. The zero-order valence-electron chi connectivity index (χ0n) is 16.5. The Morgan fingerprint density at radius 3 is 2.68 bits per heavy atom. The molecule has 0 spiro atoms. The second-order valence-corrected chi connectivity index (χ2v) is 8.47. The Morgan fingerprint density at radius 2 is 2.07 bits per heavy atom. The van der Waals surface area contributed by atoms with Gasteiger partial charge in [0.15, 0.2) is 0 Å². The molecule has 0 aliphatic carbocycles. The van der Waals surface area contributed by atoms with E-state index in [9.17, 15) is 14.4 Å². The first kappa shape index (κ1) is 22.2. The maximum atomic E-state index is 12.6. The number of rotatable bonds is 5. The highest BCUT2D eigenvalue weighted by molar-refractivity contribution is 9.10. The quantitative estimate of drug-likeness (QED) is 0.625. The van der Waals surface area contributed by atoms with Gasteiger partial charge in [-0.1, -0.05) is 0 Å². The van der Waals surface area contributed by atoms with Gasteiger partial charge in [-0.3, -0.25) is 19.7 Å². The van der Waals surface area contributed by atoms with E-state index >= 15 is 0 Å². The van der Waals surface area contributed by atoms with Crippen molar-refractivity contribution in [3.05, 3.63) is 22.4 Å². The van der Waals surface area contributed by atoms with E-state index in [1.54, 1.807) is 33.0 Å². The van der Waals surface area contributed by atoms with Gasteiger partial charge in [-0.15, -0.1) is 0 Å². The van der Waals surface area contributed by atoms with Gasteiger partial charge in [-0.05, 0) is 62.5 Å². The summed E-state index contributed by atoms with van der Waals surface area (Å²) in [5.41, 5.74) is 2.19. The SMILES string of the molecule is C[C@H](NC(=O)OC(C)(C)C)C(=O)Nn1ccc(Br)c1C(=O)NC1CCCOC1. The molecule has 0 aromatic carbocycles. The fraction of sp³-hybridized carbons (Fsp3) is 0.611. The molecule has 1 unspecified atom stereocenters. The van der Waals surface area contributed by atoms with Crippen molar-refractivity contribution < 1.29 is 23.9 Å². The molecule has 3 amide bonds. The number of hydrogen-bond donors (Lipinski definition) is 3. The van der Waals surface area contributed by atoms with Crippen LogP contribution in [0.25, 0.3) is 0 Å². The number of aromatic nitrogens is 1. The molecule has 1 aliphatic rings. The molecule has 0 radical (unpaired) electrons. The van der Waals surface area contributed by atoms with Crippen LogP contribution in [0.4, 0.5) is 4.79 Å². The second-order valence-electron chi connectivity index (χ2n) is 7.61. The molecule has 9 nitrogen and oxygen atoms in total. The lowest BCUT2D eigenvalue weighted by atomic mass is 10.1. The minimum Gasteiger partial charge on any atom is -0.444 e. The molecule has 28 heavy (non-hydrogen) atoms. The van der Waals surface area contributed by atoms with Crippen molar-refractivity contribution in [1.82, 2.24) is 15.3 Å². The molecule has 1 fully saturated rings. The highest BCUT2D eigenvalue weighted by Crippen LogP contribution is 2.18. The van der Waals surface area contributed by atoms with Crippen LogP contribution >= 0.6 is 15.9 Å². The van der Waals surface area contributed by atoms with Crippen LogP contribution in [-0.4, -0.2) is 53.5 Å². The standard InChI is InChI=1S/C18H27BrN4O5/c1-11(20-17(26)28-18(2,3)4)15(24)22-23-8-7-13(19)14(23)16(25)21-12-6-5-9-27-10-12/h7-8,11-12H,5-6,9-10H2,1-4H3,(H,20,26)(H,21,25)(H,22,24)/t11-,12?/m0/s1. The molecule has 156 valence electrons. The number of nitrogens with one attached hydrogen (secondary N) is 3. The van der Waals surface area contributed by atoms with E-state index < -0.39 is 23.6 Å². The molecule has 2 rings (SSSR count). The average molecular weight is 459 g/mol. The molecule has 2 heterocycles. The monoisotopic (exact) mass is 458 g/mol. The Hall–Kier alpha value is -2.07. The van der Waals surface area contributed by atoms with E-state index in [0.29, 0.717) is 17.7 Å². The number of alkyl carbamates (subject to hydrolysis) is 1. The summed E-state index contributed by atoms with van der Waals surface area (Å²) in [6, 6.07) is 0.720. The highest BCUT2D eigenvalue weighted by Gasteiger charge is 2.24. The molecule has 1 aromatic heterocycles. The van der Waals surface area contributed by atoms with Crippen LogP contribution < -0.4 is 16.1 Å². The van der Waals surface area contributed by atoms with Crippen LogP contribution in [0.15, 0.2) is 16.7 Å². The molecule has 2 atom stereocenters. The smallest absolute Gasteiger partial charge is 0.408 e. The van der Waals surface area contributed by atoms with Crippen LogP contribution in [0.2, 0.25) is 0 Å². The minimum atomic E-state index is -0.862. The number of nitrogens with zero attached hydrogens (tertiary/aromatic N) is 1. The van der Waals surface area contributed by atoms with E-state index in [4.69, 9.17) is 9.47 Å². The molecular formula is C18H27BrN4O5. The van der Waals surface area contributed by atoms with Crippen molar-refractivity contribution in [1.29, 1.82) is 0 Å². The molecule has 0 bridgehead atoms. The van der Waals surface area contributed by atoms with Crippen LogP contribution in [0.3, 0.4) is 0 Å². The Kier molecular flexibility index (Phi) is 7.48. The van der Waals surface area contributed by atoms with Gasteiger partial charge in [0.05, 0.1) is 17.1 Å². The maximum absolute atomic E-state index is 12.6.